The highest BCUT2D eigenvalue weighted by Gasteiger charge is 2.05. The van der Waals surface area contributed by atoms with Gasteiger partial charge in [-0.15, -0.1) is 11.8 Å². The third-order valence-corrected chi connectivity index (χ3v) is 5.70. The van der Waals surface area contributed by atoms with E-state index in [0.717, 1.165) is 46.3 Å². The third-order valence-electron chi connectivity index (χ3n) is 4.69. The van der Waals surface area contributed by atoms with Crippen LogP contribution in [0.2, 0.25) is 0 Å². The molecule has 0 heterocycles. The summed E-state index contributed by atoms with van der Waals surface area (Å²) in [6.07, 6.45) is 3.04. The predicted molar refractivity (Wildman–Crippen MR) is 126 cm³/mol. The molecule has 0 atom stereocenters. The van der Waals surface area contributed by atoms with E-state index in [1.165, 1.54) is 11.8 Å². The molecule has 2 amide bonds. The molecule has 0 unspecified atom stereocenters. The van der Waals surface area contributed by atoms with E-state index in [4.69, 9.17) is 5.73 Å². The first-order valence-electron chi connectivity index (χ1n) is 10.1. The van der Waals surface area contributed by atoms with Gasteiger partial charge in [-0.2, -0.15) is 0 Å². The van der Waals surface area contributed by atoms with Crippen molar-refractivity contribution < 1.29 is 9.59 Å². The quantitative estimate of drug-likeness (QED) is 0.249. The monoisotopic (exact) mass is 421 g/mol. The SMILES string of the molecule is Nc1ccc(SCC(=O)NCCCCCC(=O)Nc2ccc3ccccc3c2)cc1. The van der Waals surface area contributed by atoms with E-state index in [1.54, 1.807) is 0 Å². The Hall–Kier alpha value is -2.99. The van der Waals surface area contributed by atoms with Crippen molar-refractivity contribution in [3.63, 3.8) is 0 Å². The molecule has 3 aromatic rings. The topological polar surface area (TPSA) is 84.2 Å². The van der Waals surface area contributed by atoms with E-state index in [-0.39, 0.29) is 11.8 Å². The van der Waals surface area contributed by atoms with Crippen molar-refractivity contribution in [1.29, 1.82) is 0 Å². The molecule has 0 fully saturated rings. The zero-order valence-electron chi connectivity index (χ0n) is 16.9. The second-order valence-electron chi connectivity index (χ2n) is 7.13. The molecule has 3 aromatic carbocycles. The number of hydrogen-bond acceptors (Lipinski definition) is 4. The maximum Gasteiger partial charge on any atom is 0.230 e. The summed E-state index contributed by atoms with van der Waals surface area (Å²) in [5.74, 6) is 0.429. The molecule has 3 rings (SSSR count). The highest BCUT2D eigenvalue weighted by Crippen LogP contribution is 2.20. The van der Waals surface area contributed by atoms with Gasteiger partial charge in [-0.25, -0.2) is 0 Å². The van der Waals surface area contributed by atoms with Crippen molar-refractivity contribution in [3.05, 3.63) is 66.7 Å². The fourth-order valence-corrected chi connectivity index (χ4v) is 3.80. The molecule has 30 heavy (non-hydrogen) atoms. The minimum absolute atomic E-state index is 0.0193. The second-order valence-corrected chi connectivity index (χ2v) is 8.18. The molecule has 0 aliphatic heterocycles. The van der Waals surface area contributed by atoms with E-state index in [1.807, 2.05) is 60.7 Å². The van der Waals surface area contributed by atoms with Gasteiger partial charge in [-0.05, 0) is 60.0 Å². The van der Waals surface area contributed by atoms with Gasteiger partial charge in [-0.3, -0.25) is 9.59 Å². The van der Waals surface area contributed by atoms with Crippen molar-refractivity contribution >= 4 is 45.7 Å². The van der Waals surface area contributed by atoms with Gasteiger partial charge < -0.3 is 16.4 Å². The van der Waals surface area contributed by atoms with E-state index < -0.39 is 0 Å². The third kappa shape index (κ3) is 7.12. The Morgan fingerprint density at radius 3 is 2.40 bits per heavy atom. The van der Waals surface area contributed by atoms with Crippen molar-refractivity contribution in [2.75, 3.05) is 23.3 Å². The van der Waals surface area contributed by atoms with Gasteiger partial charge in [0.25, 0.3) is 0 Å². The molecule has 0 aliphatic carbocycles. The van der Waals surface area contributed by atoms with Crippen molar-refractivity contribution in [2.24, 2.45) is 0 Å². The van der Waals surface area contributed by atoms with Crippen LogP contribution in [-0.2, 0) is 9.59 Å². The predicted octanol–water partition coefficient (Wildman–Crippen LogP) is 4.83. The highest BCUT2D eigenvalue weighted by molar-refractivity contribution is 8.00. The number of fused-ring (bicyclic) bond motifs is 1. The highest BCUT2D eigenvalue weighted by atomic mass is 32.2. The van der Waals surface area contributed by atoms with Gasteiger partial charge in [-0.1, -0.05) is 36.8 Å². The van der Waals surface area contributed by atoms with Crippen molar-refractivity contribution in [2.45, 2.75) is 30.6 Å². The lowest BCUT2D eigenvalue weighted by atomic mass is 10.1. The average Bonchev–Trinajstić information content (AvgIpc) is 2.75. The largest absolute Gasteiger partial charge is 0.399 e. The summed E-state index contributed by atoms with van der Waals surface area (Å²) in [5, 5.41) is 8.15. The van der Waals surface area contributed by atoms with Crippen LogP contribution in [0, 0.1) is 0 Å². The van der Waals surface area contributed by atoms with Crippen LogP contribution in [0.3, 0.4) is 0 Å². The van der Waals surface area contributed by atoms with Gasteiger partial charge in [0.05, 0.1) is 5.75 Å². The summed E-state index contributed by atoms with van der Waals surface area (Å²) in [5.41, 5.74) is 7.19. The number of amides is 2. The first kappa shape index (κ1) is 21.7. The number of thioether (sulfide) groups is 1. The average molecular weight is 422 g/mol. The molecule has 4 N–H and O–H groups in total. The zero-order valence-corrected chi connectivity index (χ0v) is 17.7. The number of hydrogen-bond donors (Lipinski definition) is 3. The maximum absolute atomic E-state index is 12.1. The lowest BCUT2D eigenvalue weighted by Gasteiger charge is -2.07. The number of carbonyl (C=O) groups is 2. The lowest BCUT2D eigenvalue weighted by molar-refractivity contribution is -0.118. The Balaban J connectivity index is 1.26. The Morgan fingerprint density at radius 1 is 0.833 bits per heavy atom. The minimum atomic E-state index is 0.0193. The van der Waals surface area contributed by atoms with E-state index in [9.17, 15) is 9.59 Å². The molecule has 5 nitrogen and oxygen atoms in total. The normalized spacial score (nSPS) is 10.7. The smallest absolute Gasteiger partial charge is 0.230 e. The fourth-order valence-electron chi connectivity index (χ4n) is 3.07. The first-order chi connectivity index (χ1) is 14.6. The van der Waals surface area contributed by atoms with Crippen molar-refractivity contribution in [3.8, 4) is 0 Å². The summed E-state index contributed by atoms with van der Waals surface area (Å²) in [7, 11) is 0. The number of carbonyl (C=O) groups excluding carboxylic acids is 2. The molecule has 0 spiro atoms. The maximum atomic E-state index is 12.1. The van der Waals surface area contributed by atoms with Crippen LogP contribution in [0.25, 0.3) is 10.8 Å². The molecule has 156 valence electrons. The van der Waals surface area contributed by atoms with Crippen LogP contribution in [0.4, 0.5) is 11.4 Å². The van der Waals surface area contributed by atoms with Crippen LogP contribution in [0.5, 0.6) is 0 Å². The molecular weight excluding hydrogens is 394 g/mol. The van der Waals surface area contributed by atoms with Gasteiger partial charge >= 0.3 is 0 Å². The van der Waals surface area contributed by atoms with Crippen molar-refractivity contribution in [1.82, 2.24) is 5.32 Å². The number of nitrogens with one attached hydrogen (secondary N) is 2. The number of nitrogens with two attached hydrogens (primary N) is 1. The van der Waals surface area contributed by atoms with Crippen LogP contribution in [-0.4, -0.2) is 24.1 Å². The molecular formula is C24H27N3O2S. The Bertz CT molecular complexity index is 989. The van der Waals surface area contributed by atoms with Crippen LogP contribution in [0.1, 0.15) is 25.7 Å². The fraction of sp³-hybridized carbons (Fsp3) is 0.250. The Kier molecular flexibility index (Phi) is 8.15. The number of unbranched alkanes of at least 4 members (excludes halogenated alkanes) is 2. The van der Waals surface area contributed by atoms with Gasteiger partial charge in [0, 0.05) is 29.2 Å². The Labute approximate surface area is 181 Å². The summed E-state index contributed by atoms with van der Waals surface area (Å²) < 4.78 is 0. The molecule has 0 saturated heterocycles. The van der Waals surface area contributed by atoms with Crippen LogP contribution >= 0.6 is 11.8 Å². The van der Waals surface area contributed by atoms with Crippen LogP contribution in [0.15, 0.2) is 71.6 Å². The minimum Gasteiger partial charge on any atom is -0.399 e. The number of anilines is 2. The molecule has 0 aromatic heterocycles. The molecule has 0 bridgehead atoms. The second kappa shape index (κ2) is 11.3. The number of rotatable bonds is 10. The zero-order chi connectivity index (χ0) is 21.2. The van der Waals surface area contributed by atoms with Gasteiger partial charge in [0.1, 0.15) is 0 Å². The van der Waals surface area contributed by atoms with E-state index >= 15 is 0 Å². The molecule has 0 saturated carbocycles. The van der Waals surface area contributed by atoms with E-state index in [2.05, 4.69) is 16.7 Å². The summed E-state index contributed by atoms with van der Waals surface area (Å²) in [4.78, 5) is 25.1. The van der Waals surface area contributed by atoms with Crippen LogP contribution < -0.4 is 16.4 Å². The summed E-state index contributed by atoms with van der Waals surface area (Å²) >= 11 is 1.49. The molecule has 0 aliphatic rings. The molecule has 6 heteroatoms. The summed E-state index contributed by atoms with van der Waals surface area (Å²) in [6, 6.07) is 21.5. The lowest BCUT2D eigenvalue weighted by Crippen LogP contribution is -2.26. The molecule has 0 radical (unpaired) electrons. The van der Waals surface area contributed by atoms with Gasteiger partial charge in [0.2, 0.25) is 11.8 Å². The number of nitrogen functional groups attached to an aromatic ring is 1. The van der Waals surface area contributed by atoms with Gasteiger partial charge in [0.15, 0.2) is 0 Å². The standard InChI is InChI=1S/C24H27N3O2S/c25-20-10-13-22(14-11-20)30-17-24(29)26-15-5-1-2-8-23(28)27-21-12-9-18-6-3-4-7-19(18)16-21/h3-4,6-7,9-14,16H,1-2,5,8,15,17,25H2,(H,26,29)(H,27,28). The first-order valence-corrected chi connectivity index (χ1v) is 11.1. The Morgan fingerprint density at radius 2 is 1.60 bits per heavy atom. The van der Waals surface area contributed by atoms with E-state index in [0.29, 0.717) is 18.7 Å². The summed E-state index contributed by atoms with van der Waals surface area (Å²) in [6.45, 7) is 0.632. The number of benzene rings is 3.